The second-order valence-electron chi connectivity index (χ2n) is 8.18. The van der Waals surface area contributed by atoms with Gasteiger partial charge in [-0.05, 0) is 48.0 Å². The van der Waals surface area contributed by atoms with Crippen molar-refractivity contribution in [3.8, 4) is 0 Å². The number of fused-ring (bicyclic) bond motifs is 3. The van der Waals surface area contributed by atoms with Gasteiger partial charge in [0.15, 0.2) is 0 Å². The van der Waals surface area contributed by atoms with Crippen LogP contribution in [0.5, 0.6) is 0 Å². The number of nitro groups is 1. The highest BCUT2D eigenvalue weighted by molar-refractivity contribution is 7.99. The molecule has 0 saturated heterocycles. The fourth-order valence-corrected chi connectivity index (χ4v) is 4.87. The number of nitrogens with zero attached hydrogens (tertiary/aromatic N) is 1. The predicted molar refractivity (Wildman–Crippen MR) is 138 cm³/mol. The number of hydrogen-bond acceptors (Lipinski definition) is 7. The molecule has 0 fully saturated rings. The summed E-state index contributed by atoms with van der Waals surface area (Å²) in [6.07, 6.45) is 0. The molecule has 0 spiro atoms. The minimum absolute atomic E-state index is 0.0482. The Balaban J connectivity index is 1.42. The third-order valence-corrected chi connectivity index (χ3v) is 6.79. The Morgan fingerprint density at radius 3 is 2.56 bits per heavy atom. The zero-order chi connectivity index (χ0) is 25.2. The highest BCUT2D eigenvalue weighted by Crippen LogP contribution is 2.36. The maximum Gasteiger partial charge on any atom is 0.338 e. The lowest BCUT2D eigenvalue weighted by atomic mass is 10.0. The van der Waals surface area contributed by atoms with Crippen molar-refractivity contribution >= 4 is 45.2 Å². The predicted octanol–water partition coefficient (Wildman–Crippen LogP) is 6.67. The molecule has 5 aromatic rings. The fraction of sp³-hybridized carbons (Fsp3) is 0.0714. The summed E-state index contributed by atoms with van der Waals surface area (Å²) >= 11 is 1.25. The first kappa shape index (κ1) is 23.3. The molecule has 1 heterocycles. The summed E-state index contributed by atoms with van der Waals surface area (Å²) in [6, 6.07) is 24.3. The average Bonchev–Trinajstić information content (AvgIpc) is 2.88. The van der Waals surface area contributed by atoms with Crippen molar-refractivity contribution in [1.29, 1.82) is 0 Å². The molecule has 4 aromatic carbocycles. The van der Waals surface area contributed by atoms with Crippen LogP contribution in [0, 0.1) is 17.0 Å². The smallest absolute Gasteiger partial charge is 0.338 e. The second-order valence-corrected chi connectivity index (χ2v) is 9.30. The topological polar surface area (TPSA) is 99.7 Å². The number of carbonyl (C=O) groups is 1. The lowest BCUT2D eigenvalue weighted by Gasteiger charge is -2.10. The maximum absolute atomic E-state index is 12.8. The third kappa shape index (κ3) is 4.71. The van der Waals surface area contributed by atoms with E-state index in [1.165, 1.54) is 30.0 Å². The first-order valence-electron chi connectivity index (χ1n) is 11.0. The maximum atomic E-state index is 12.8. The molecule has 0 amide bonds. The lowest BCUT2D eigenvalue weighted by molar-refractivity contribution is -0.387. The molecular weight excluding hydrogens is 478 g/mol. The Kier molecular flexibility index (Phi) is 6.26. The van der Waals surface area contributed by atoms with Crippen LogP contribution in [0.4, 0.5) is 5.69 Å². The van der Waals surface area contributed by atoms with Crippen molar-refractivity contribution in [2.24, 2.45) is 0 Å². The van der Waals surface area contributed by atoms with E-state index in [9.17, 15) is 19.7 Å². The standard InChI is InChI=1S/C28H19NO6S/c1-17-6-10-21(11-7-17)36-25-13-9-19(14-23(25)29(32)33)28(31)34-16-20-15-26(30)35-24-12-8-18-4-2-3-5-22(18)27(20)24/h2-15H,16H2,1H3. The Labute approximate surface area is 209 Å². The average molecular weight is 498 g/mol. The molecule has 0 aliphatic rings. The van der Waals surface area contributed by atoms with E-state index in [-0.39, 0.29) is 17.9 Å². The van der Waals surface area contributed by atoms with Crippen molar-refractivity contribution < 1.29 is 18.9 Å². The molecule has 7 nitrogen and oxygen atoms in total. The molecular formula is C28H19NO6S. The van der Waals surface area contributed by atoms with Crippen LogP contribution >= 0.6 is 11.8 Å². The molecule has 0 N–H and O–H groups in total. The van der Waals surface area contributed by atoms with E-state index >= 15 is 0 Å². The first-order chi connectivity index (χ1) is 17.4. The number of hydrogen-bond donors (Lipinski definition) is 0. The van der Waals surface area contributed by atoms with Gasteiger partial charge in [-0.3, -0.25) is 10.1 Å². The van der Waals surface area contributed by atoms with Crippen molar-refractivity contribution in [3.63, 3.8) is 0 Å². The van der Waals surface area contributed by atoms with E-state index in [4.69, 9.17) is 9.15 Å². The third-order valence-electron chi connectivity index (χ3n) is 5.71. The van der Waals surface area contributed by atoms with Crippen LogP contribution in [0.2, 0.25) is 0 Å². The summed E-state index contributed by atoms with van der Waals surface area (Å²) in [6.45, 7) is 1.77. The van der Waals surface area contributed by atoms with Crippen molar-refractivity contribution in [3.05, 3.63) is 122 Å². The number of carbonyl (C=O) groups excluding carboxylic acids is 1. The van der Waals surface area contributed by atoms with E-state index in [1.54, 1.807) is 12.1 Å². The van der Waals surface area contributed by atoms with Gasteiger partial charge in [-0.25, -0.2) is 9.59 Å². The van der Waals surface area contributed by atoms with Crippen LogP contribution in [0.3, 0.4) is 0 Å². The Hall–Kier alpha value is -4.43. The summed E-state index contributed by atoms with van der Waals surface area (Å²) in [7, 11) is 0. The minimum atomic E-state index is -0.730. The van der Waals surface area contributed by atoms with E-state index in [2.05, 4.69) is 0 Å². The Morgan fingerprint density at radius 1 is 1.00 bits per heavy atom. The van der Waals surface area contributed by atoms with Gasteiger partial charge in [0.05, 0.1) is 15.4 Å². The Morgan fingerprint density at radius 2 is 1.78 bits per heavy atom. The van der Waals surface area contributed by atoms with Crippen LogP contribution in [0.1, 0.15) is 21.5 Å². The molecule has 1 aromatic heterocycles. The molecule has 0 aliphatic heterocycles. The van der Waals surface area contributed by atoms with Crippen molar-refractivity contribution in [1.82, 2.24) is 0 Å². The summed E-state index contributed by atoms with van der Waals surface area (Å²) in [5.41, 5.74) is 1.27. The molecule has 0 aliphatic carbocycles. The molecule has 5 rings (SSSR count). The largest absolute Gasteiger partial charge is 0.457 e. The summed E-state index contributed by atoms with van der Waals surface area (Å²) < 4.78 is 10.8. The zero-order valence-corrected chi connectivity index (χ0v) is 19.9. The van der Waals surface area contributed by atoms with Crippen LogP contribution in [0.15, 0.2) is 104 Å². The molecule has 0 radical (unpaired) electrons. The van der Waals surface area contributed by atoms with Crippen LogP contribution in [-0.4, -0.2) is 10.9 Å². The van der Waals surface area contributed by atoms with Gasteiger partial charge < -0.3 is 9.15 Å². The van der Waals surface area contributed by atoms with Crippen molar-refractivity contribution in [2.45, 2.75) is 23.3 Å². The molecule has 0 unspecified atom stereocenters. The molecule has 0 atom stereocenters. The molecule has 0 bridgehead atoms. The summed E-state index contributed by atoms with van der Waals surface area (Å²) in [5.74, 6) is -0.730. The normalized spacial score (nSPS) is 11.0. The van der Waals surface area contributed by atoms with E-state index in [0.29, 0.717) is 21.4 Å². The summed E-state index contributed by atoms with van der Waals surface area (Å²) in [5, 5.41) is 14.2. The molecule has 36 heavy (non-hydrogen) atoms. The monoisotopic (exact) mass is 497 g/mol. The zero-order valence-electron chi connectivity index (χ0n) is 19.1. The number of rotatable bonds is 6. The second kappa shape index (κ2) is 9.67. The Bertz CT molecular complexity index is 1690. The van der Waals surface area contributed by atoms with Crippen LogP contribution in [0.25, 0.3) is 21.7 Å². The number of nitro benzene ring substituents is 1. The van der Waals surface area contributed by atoms with Gasteiger partial charge in [0.2, 0.25) is 0 Å². The number of ether oxygens (including phenoxy) is 1. The lowest BCUT2D eigenvalue weighted by Crippen LogP contribution is -2.08. The summed E-state index contributed by atoms with van der Waals surface area (Å²) in [4.78, 5) is 37.4. The van der Waals surface area contributed by atoms with Gasteiger partial charge in [0.1, 0.15) is 12.2 Å². The van der Waals surface area contributed by atoms with Gasteiger partial charge in [0, 0.05) is 28.0 Å². The molecule has 8 heteroatoms. The van der Waals surface area contributed by atoms with E-state index in [0.717, 1.165) is 21.2 Å². The molecule has 0 saturated carbocycles. The first-order valence-corrected chi connectivity index (χ1v) is 11.9. The van der Waals surface area contributed by atoms with E-state index < -0.39 is 16.5 Å². The SMILES string of the molecule is Cc1ccc(Sc2ccc(C(=O)OCc3cc(=O)oc4ccc5ccccc5c34)cc2[N+](=O)[O-])cc1. The van der Waals surface area contributed by atoms with Gasteiger partial charge in [-0.1, -0.05) is 59.8 Å². The van der Waals surface area contributed by atoms with Crippen LogP contribution < -0.4 is 5.63 Å². The minimum Gasteiger partial charge on any atom is -0.457 e. The highest BCUT2D eigenvalue weighted by Gasteiger charge is 2.20. The fourth-order valence-electron chi connectivity index (χ4n) is 3.97. The van der Waals surface area contributed by atoms with Crippen molar-refractivity contribution in [2.75, 3.05) is 0 Å². The highest BCUT2D eigenvalue weighted by atomic mass is 32.2. The number of esters is 1. The quantitative estimate of drug-likeness (QED) is 0.0849. The number of aryl methyl sites for hydroxylation is 1. The van der Waals surface area contributed by atoms with Gasteiger partial charge >= 0.3 is 11.6 Å². The van der Waals surface area contributed by atoms with Crippen LogP contribution in [-0.2, 0) is 11.3 Å². The van der Waals surface area contributed by atoms with Gasteiger partial charge in [0.25, 0.3) is 5.69 Å². The number of benzene rings is 4. The molecule has 178 valence electrons. The van der Waals surface area contributed by atoms with E-state index in [1.807, 2.05) is 61.5 Å². The van der Waals surface area contributed by atoms with Gasteiger partial charge in [-0.2, -0.15) is 0 Å². The van der Waals surface area contributed by atoms with Gasteiger partial charge in [-0.15, -0.1) is 0 Å².